The van der Waals surface area contributed by atoms with E-state index in [2.05, 4.69) is 29.0 Å². The summed E-state index contributed by atoms with van der Waals surface area (Å²) in [5.74, 6) is 2.55. The van der Waals surface area contributed by atoms with E-state index in [1.54, 1.807) is 14.2 Å². The highest BCUT2D eigenvalue weighted by molar-refractivity contribution is 7.98. The largest absolute Gasteiger partial charge is 0.493 e. The number of hydrogen-bond acceptors (Lipinski definition) is 8. The molecular weight excluding hydrogens is 410 g/mol. The zero-order valence-electron chi connectivity index (χ0n) is 18.0. The van der Waals surface area contributed by atoms with E-state index in [1.807, 2.05) is 36.4 Å². The monoisotopic (exact) mass is 439 g/mol. The molecule has 1 aromatic heterocycles. The molecule has 0 unspecified atom stereocenters. The standard InChI is InChI=1S/C20H30ClN5O2S/c1-7-26(8-2)12-11-22-19-17(29-6)18(21)23-20(24-19)25(3)14-9-10-15(27-4)16(13-14)28-5/h9-10,13H,7-8,11-12H2,1-6H3,(H,22,23,24). The number of anilines is 3. The maximum atomic E-state index is 6.47. The Labute approximate surface area is 182 Å². The molecule has 2 rings (SSSR count). The molecule has 0 amide bonds. The number of methoxy groups -OCH3 is 2. The van der Waals surface area contributed by atoms with Crippen LogP contribution < -0.4 is 19.7 Å². The second-order valence-electron chi connectivity index (χ2n) is 6.25. The van der Waals surface area contributed by atoms with Crippen LogP contribution in [0.1, 0.15) is 13.8 Å². The van der Waals surface area contributed by atoms with E-state index in [4.69, 9.17) is 26.1 Å². The number of likely N-dealkylation sites (N-methyl/N-ethyl adjacent to an activating group) is 1. The van der Waals surface area contributed by atoms with E-state index < -0.39 is 0 Å². The molecule has 0 atom stereocenters. The average Bonchev–Trinajstić information content (AvgIpc) is 2.75. The lowest BCUT2D eigenvalue weighted by Gasteiger charge is -2.22. The van der Waals surface area contributed by atoms with Gasteiger partial charge in [-0.25, -0.2) is 0 Å². The maximum absolute atomic E-state index is 6.47. The summed E-state index contributed by atoms with van der Waals surface area (Å²) in [6, 6.07) is 5.66. The topological polar surface area (TPSA) is 62.8 Å². The minimum absolute atomic E-state index is 0.431. The van der Waals surface area contributed by atoms with E-state index in [0.29, 0.717) is 22.6 Å². The van der Waals surface area contributed by atoms with Crippen molar-refractivity contribution in [1.82, 2.24) is 14.9 Å². The van der Waals surface area contributed by atoms with E-state index in [9.17, 15) is 0 Å². The smallest absolute Gasteiger partial charge is 0.233 e. The molecule has 0 spiro atoms. The van der Waals surface area contributed by atoms with E-state index in [1.165, 1.54) is 11.8 Å². The molecule has 0 radical (unpaired) electrons. The third-order valence-corrected chi connectivity index (χ3v) is 5.87. The molecule has 9 heteroatoms. The molecule has 7 nitrogen and oxygen atoms in total. The molecule has 2 aromatic rings. The fraction of sp³-hybridized carbons (Fsp3) is 0.500. The van der Waals surface area contributed by atoms with Gasteiger partial charge in [-0.3, -0.25) is 0 Å². The van der Waals surface area contributed by atoms with Crippen molar-refractivity contribution in [1.29, 1.82) is 0 Å². The number of ether oxygens (including phenoxy) is 2. The minimum atomic E-state index is 0.431. The third kappa shape index (κ3) is 5.81. The van der Waals surface area contributed by atoms with Crippen LogP contribution in [-0.2, 0) is 0 Å². The van der Waals surface area contributed by atoms with E-state index in [0.717, 1.165) is 42.6 Å². The predicted molar refractivity (Wildman–Crippen MR) is 123 cm³/mol. The first kappa shape index (κ1) is 23.4. The van der Waals surface area contributed by atoms with Gasteiger partial charge in [-0.15, -0.1) is 11.8 Å². The van der Waals surface area contributed by atoms with Crippen molar-refractivity contribution >= 4 is 40.8 Å². The summed E-state index contributed by atoms with van der Waals surface area (Å²) in [5.41, 5.74) is 0.865. The molecule has 0 saturated heterocycles. The number of benzene rings is 1. The average molecular weight is 440 g/mol. The molecule has 1 heterocycles. The molecule has 0 aliphatic carbocycles. The number of nitrogens with zero attached hydrogens (tertiary/aromatic N) is 4. The number of rotatable bonds is 11. The fourth-order valence-electron chi connectivity index (χ4n) is 2.88. The van der Waals surface area contributed by atoms with Gasteiger partial charge in [0.05, 0.1) is 19.1 Å². The minimum Gasteiger partial charge on any atom is -0.493 e. The summed E-state index contributed by atoms with van der Waals surface area (Å²) in [6.45, 7) is 8.07. The molecule has 29 heavy (non-hydrogen) atoms. The van der Waals surface area contributed by atoms with Gasteiger partial charge >= 0.3 is 0 Å². The lowest BCUT2D eigenvalue weighted by Crippen LogP contribution is -2.29. The number of aromatic nitrogens is 2. The Morgan fingerprint density at radius 2 is 1.79 bits per heavy atom. The first-order chi connectivity index (χ1) is 14.0. The number of nitrogens with one attached hydrogen (secondary N) is 1. The molecule has 0 saturated carbocycles. The van der Waals surface area contributed by atoms with Crippen LogP contribution in [0.2, 0.25) is 5.15 Å². The summed E-state index contributed by atoms with van der Waals surface area (Å²) in [5, 5.41) is 3.85. The molecule has 0 bridgehead atoms. The summed E-state index contributed by atoms with van der Waals surface area (Å²) in [4.78, 5) is 14.3. The van der Waals surface area contributed by atoms with Gasteiger partial charge in [-0.05, 0) is 31.5 Å². The predicted octanol–water partition coefficient (Wildman–Crippen LogP) is 4.39. The zero-order chi connectivity index (χ0) is 21.4. The Morgan fingerprint density at radius 3 is 2.38 bits per heavy atom. The van der Waals surface area contributed by atoms with Crippen molar-refractivity contribution in [2.75, 3.05) is 63.9 Å². The first-order valence-electron chi connectivity index (χ1n) is 9.52. The Morgan fingerprint density at radius 1 is 1.10 bits per heavy atom. The van der Waals surface area contributed by atoms with Crippen LogP contribution in [0.15, 0.2) is 23.1 Å². The molecule has 0 fully saturated rings. The third-order valence-electron chi connectivity index (χ3n) is 4.69. The van der Waals surface area contributed by atoms with Crippen molar-refractivity contribution in [2.24, 2.45) is 0 Å². The van der Waals surface area contributed by atoms with Crippen LogP contribution in [0.3, 0.4) is 0 Å². The number of hydrogen-bond donors (Lipinski definition) is 1. The van der Waals surface area contributed by atoms with Gasteiger partial charge in [-0.2, -0.15) is 9.97 Å². The van der Waals surface area contributed by atoms with Crippen molar-refractivity contribution in [3.63, 3.8) is 0 Å². The fourth-order valence-corrected chi connectivity index (χ4v) is 3.81. The van der Waals surface area contributed by atoms with Gasteiger partial charge in [0, 0.05) is 31.9 Å². The highest BCUT2D eigenvalue weighted by Gasteiger charge is 2.17. The summed E-state index contributed by atoms with van der Waals surface area (Å²) in [6.07, 6.45) is 1.97. The molecule has 1 N–H and O–H groups in total. The van der Waals surface area contributed by atoms with Gasteiger partial charge in [0.1, 0.15) is 11.0 Å². The van der Waals surface area contributed by atoms with Gasteiger partial charge in [0.25, 0.3) is 0 Å². The highest BCUT2D eigenvalue weighted by atomic mass is 35.5. The van der Waals surface area contributed by atoms with Crippen molar-refractivity contribution < 1.29 is 9.47 Å². The maximum Gasteiger partial charge on any atom is 0.233 e. The van der Waals surface area contributed by atoms with Crippen molar-refractivity contribution in [3.05, 3.63) is 23.4 Å². The van der Waals surface area contributed by atoms with E-state index in [-0.39, 0.29) is 0 Å². The molecule has 160 valence electrons. The van der Waals surface area contributed by atoms with Crippen LogP contribution in [0.25, 0.3) is 0 Å². The lowest BCUT2D eigenvalue weighted by molar-refractivity contribution is 0.316. The first-order valence-corrected chi connectivity index (χ1v) is 11.1. The highest BCUT2D eigenvalue weighted by Crippen LogP contribution is 2.36. The quantitative estimate of drug-likeness (QED) is 0.408. The SMILES string of the molecule is CCN(CC)CCNc1nc(N(C)c2ccc(OC)c(OC)c2)nc(Cl)c1SC. The number of halogens is 1. The normalized spacial score (nSPS) is 10.9. The summed E-state index contributed by atoms with van der Waals surface area (Å²) in [7, 11) is 5.12. The molecular formula is C20H30ClN5O2S. The summed E-state index contributed by atoms with van der Waals surface area (Å²) >= 11 is 8.01. The lowest BCUT2D eigenvalue weighted by atomic mass is 10.2. The van der Waals surface area contributed by atoms with Gasteiger partial charge in [-0.1, -0.05) is 25.4 Å². The van der Waals surface area contributed by atoms with Crippen LogP contribution in [0.5, 0.6) is 11.5 Å². The van der Waals surface area contributed by atoms with Gasteiger partial charge < -0.3 is 24.6 Å². The summed E-state index contributed by atoms with van der Waals surface area (Å²) < 4.78 is 10.7. The van der Waals surface area contributed by atoms with Crippen LogP contribution in [0, 0.1) is 0 Å². The zero-order valence-corrected chi connectivity index (χ0v) is 19.5. The van der Waals surface area contributed by atoms with Crippen molar-refractivity contribution in [2.45, 2.75) is 18.7 Å². The van der Waals surface area contributed by atoms with Crippen LogP contribution in [0.4, 0.5) is 17.5 Å². The van der Waals surface area contributed by atoms with Crippen LogP contribution in [-0.4, -0.2) is 68.6 Å². The van der Waals surface area contributed by atoms with Gasteiger partial charge in [0.2, 0.25) is 5.95 Å². The Hall–Kier alpha value is -1.90. The second kappa shape index (κ2) is 11.3. The van der Waals surface area contributed by atoms with Crippen molar-refractivity contribution in [3.8, 4) is 11.5 Å². The van der Waals surface area contributed by atoms with E-state index >= 15 is 0 Å². The Kier molecular flexibility index (Phi) is 9.13. The number of thioether (sulfide) groups is 1. The molecule has 0 aliphatic rings. The Balaban J connectivity index is 2.29. The molecule has 0 aliphatic heterocycles. The molecule has 1 aromatic carbocycles. The van der Waals surface area contributed by atoms with Gasteiger partial charge in [0.15, 0.2) is 11.5 Å². The van der Waals surface area contributed by atoms with Crippen LogP contribution >= 0.6 is 23.4 Å². The second-order valence-corrected chi connectivity index (χ2v) is 7.42. The Bertz CT molecular complexity index is 805.